The van der Waals surface area contributed by atoms with E-state index in [1.807, 2.05) is 19.1 Å². The first kappa shape index (κ1) is 14.3. The van der Waals surface area contributed by atoms with Crippen LogP contribution in [0, 0.1) is 12.7 Å². The van der Waals surface area contributed by atoms with E-state index in [2.05, 4.69) is 15.4 Å². The largest absolute Gasteiger partial charge is 0.300 e. The number of benzene rings is 2. The fraction of sp³-hybridized carbons (Fsp3) is 0.0714. The second-order valence-corrected chi connectivity index (χ2v) is 6.41. The Morgan fingerprint density at radius 1 is 1.00 bits per heavy atom. The molecule has 22 heavy (non-hydrogen) atoms. The quantitative estimate of drug-likeness (QED) is 0.738. The number of tetrazole rings is 1. The van der Waals surface area contributed by atoms with Gasteiger partial charge in [-0.05, 0) is 40.6 Å². The Hall–Kier alpha value is -2.61. The molecule has 0 aliphatic carbocycles. The highest BCUT2D eigenvalue weighted by molar-refractivity contribution is 7.89. The molecule has 0 N–H and O–H groups in total. The molecule has 0 saturated carbocycles. The van der Waals surface area contributed by atoms with Crippen LogP contribution in [0.5, 0.6) is 0 Å². The summed E-state index contributed by atoms with van der Waals surface area (Å²) in [5, 5.41) is 11.2. The molecule has 0 saturated heterocycles. The maximum atomic E-state index is 12.9. The van der Waals surface area contributed by atoms with E-state index in [0.717, 1.165) is 29.8 Å². The molecule has 0 bridgehead atoms. The minimum Gasteiger partial charge on any atom is -0.207 e. The van der Waals surface area contributed by atoms with Crippen molar-refractivity contribution in [2.45, 2.75) is 11.8 Å². The van der Waals surface area contributed by atoms with Gasteiger partial charge in [0, 0.05) is 5.56 Å². The Kier molecular flexibility index (Phi) is 3.45. The predicted molar refractivity (Wildman–Crippen MR) is 77.0 cm³/mol. The summed E-state index contributed by atoms with van der Waals surface area (Å²) in [6.07, 6.45) is 0. The van der Waals surface area contributed by atoms with Crippen LogP contribution >= 0.6 is 0 Å². The highest BCUT2D eigenvalue weighted by Gasteiger charge is 2.21. The van der Waals surface area contributed by atoms with Gasteiger partial charge in [-0.2, -0.15) is 8.42 Å². The Balaban J connectivity index is 1.99. The smallest absolute Gasteiger partial charge is 0.207 e. The molecule has 0 spiro atoms. The average molecular weight is 318 g/mol. The average Bonchev–Trinajstić information content (AvgIpc) is 2.99. The third-order valence-corrected chi connectivity index (χ3v) is 4.49. The maximum absolute atomic E-state index is 12.9. The standard InChI is InChI=1S/C14H11FN4O2S/c1-10-2-4-11(5-3-10)14-16-18-19(17-14)22(20,21)13-8-6-12(15)7-9-13/h2-9H,1H3. The lowest BCUT2D eigenvalue weighted by Gasteiger charge is -2.01. The Morgan fingerprint density at radius 2 is 1.64 bits per heavy atom. The molecule has 3 rings (SSSR count). The van der Waals surface area contributed by atoms with E-state index in [1.54, 1.807) is 12.1 Å². The Morgan fingerprint density at radius 3 is 2.27 bits per heavy atom. The highest BCUT2D eigenvalue weighted by atomic mass is 32.2. The number of nitrogens with zero attached hydrogens (tertiary/aromatic N) is 4. The molecular formula is C14H11FN4O2S. The Bertz CT molecular complexity index is 903. The molecule has 112 valence electrons. The van der Waals surface area contributed by atoms with Crippen molar-refractivity contribution < 1.29 is 12.8 Å². The van der Waals surface area contributed by atoms with Crippen molar-refractivity contribution in [2.75, 3.05) is 0 Å². The van der Waals surface area contributed by atoms with E-state index in [-0.39, 0.29) is 10.7 Å². The van der Waals surface area contributed by atoms with Crippen molar-refractivity contribution in [1.82, 2.24) is 19.6 Å². The second-order valence-electron chi connectivity index (χ2n) is 4.66. The van der Waals surface area contributed by atoms with E-state index in [4.69, 9.17) is 0 Å². The van der Waals surface area contributed by atoms with Gasteiger partial charge in [-0.15, -0.1) is 10.2 Å². The van der Waals surface area contributed by atoms with Crippen LogP contribution in [-0.4, -0.2) is 28.0 Å². The van der Waals surface area contributed by atoms with Gasteiger partial charge in [0.05, 0.1) is 4.90 Å². The summed E-state index contributed by atoms with van der Waals surface area (Å²) in [5.74, 6) is -0.323. The summed E-state index contributed by atoms with van der Waals surface area (Å²) in [5.41, 5.74) is 1.72. The normalized spacial score (nSPS) is 11.5. The summed E-state index contributed by atoms with van der Waals surface area (Å²) >= 11 is 0. The fourth-order valence-electron chi connectivity index (χ4n) is 1.82. The lowest BCUT2D eigenvalue weighted by Crippen LogP contribution is -2.16. The van der Waals surface area contributed by atoms with Gasteiger partial charge < -0.3 is 0 Å². The Labute approximate surface area is 126 Å². The van der Waals surface area contributed by atoms with Crippen molar-refractivity contribution in [2.24, 2.45) is 0 Å². The van der Waals surface area contributed by atoms with Crippen molar-refractivity contribution in [3.8, 4) is 11.4 Å². The first-order valence-electron chi connectivity index (χ1n) is 6.35. The van der Waals surface area contributed by atoms with Gasteiger partial charge in [-0.3, -0.25) is 0 Å². The van der Waals surface area contributed by atoms with Crippen LogP contribution < -0.4 is 0 Å². The SMILES string of the molecule is Cc1ccc(-c2nnn(S(=O)(=O)c3ccc(F)cc3)n2)cc1. The molecule has 0 aliphatic rings. The molecule has 0 atom stereocenters. The summed E-state index contributed by atoms with van der Waals surface area (Å²) in [4.78, 5) is -0.109. The topological polar surface area (TPSA) is 77.7 Å². The lowest BCUT2D eigenvalue weighted by atomic mass is 10.1. The number of halogens is 1. The lowest BCUT2D eigenvalue weighted by molar-refractivity contribution is 0.565. The molecule has 0 unspecified atom stereocenters. The van der Waals surface area contributed by atoms with Crippen molar-refractivity contribution in [3.05, 3.63) is 59.9 Å². The fourth-order valence-corrected chi connectivity index (χ4v) is 2.81. The third-order valence-electron chi connectivity index (χ3n) is 3.03. The minimum absolute atomic E-state index is 0.109. The number of hydrogen-bond donors (Lipinski definition) is 0. The van der Waals surface area contributed by atoms with Gasteiger partial charge in [0.15, 0.2) is 0 Å². The molecule has 0 radical (unpaired) electrons. The van der Waals surface area contributed by atoms with Crippen molar-refractivity contribution in [1.29, 1.82) is 0 Å². The molecule has 2 aromatic carbocycles. The number of aromatic nitrogens is 4. The van der Waals surface area contributed by atoms with Crippen LogP contribution in [-0.2, 0) is 10.0 Å². The number of aryl methyl sites for hydroxylation is 1. The molecule has 3 aromatic rings. The van der Waals surface area contributed by atoms with Crippen LogP contribution in [0.2, 0.25) is 0 Å². The zero-order valence-corrected chi connectivity index (χ0v) is 12.3. The van der Waals surface area contributed by atoms with E-state index >= 15 is 0 Å². The molecular weight excluding hydrogens is 307 g/mol. The van der Waals surface area contributed by atoms with Crippen LogP contribution in [0.3, 0.4) is 0 Å². The van der Waals surface area contributed by atoms with Crippen LogP contribution in [0.1, 0.15) is 5.56 Å². The van der Waals surface area contributed by atoms with Crippen molar-refractivity contribution in [3.63, 3.8) is 0 Å². The minimum atomic E-state index is -3.99. The van der Waals surface area contributed by atoms with Gasteiger partial charge >= 0.3 is 10.0 Å². The molecule has 0 fully saturated rings. The zero-order chi connectivity index (χ0) is 15.7. The van der Waals surface area contributed by atoms with E-state index in [0.29, 0.717) is 9.77 Å². The summed E-state index contributed by atoms with van der Waals surface area (Å²) in [6.45, 7) is 1.94. The van der Waals surface area contributed by atoms with Crippen LogP contribution in [0.4, 0.5) is 4.39 Å². The van der Waals surface area contributed by atoms with Crippen molar-refractivity contribution >= 4 is 10.0 Å². The zero-order valence-electron chi connectivity index (χ0n) is 11.5. The van der Waals surface area contributed by atoms with Gasteiger partial charge in [0.25, 0.3) is 0 Å². The molecule has 1 aromatic heterocycles. The third kappa shape index (κ3) is 2.60. The monoisotopic (exact) mass is 318 g/mol. The summed E-state index contributed by atoms with van der Waals surface area (Å²) in [6, 6.07) is 11.7. The second kappa shape index (κ2) is 5.30. The maximum Gasteiger partial charge on any atom is 0.300 e. The molecule has 6 nitrogen and oxygen atoms in total. The predicted octanol–water partition coefficient (Wildman–Crippen LogP) is 2.02. The molecule has 8 heteroatoms. The molecule has 0 aliphatic heterocycles. The number of hydrogen-bond acceptors (Lipinski definition) is 5. The van der Waals surface area contributed by atoms with Gasteiger partial charge in [-0.25, -0.2) is 4.39 Å². The van der Waals surface area contributed by atoms with Crippen LogP contribution in [0.25, 0.3) is 11.4 Å². The van der Waals surface area contributed by atoms with Gasteiger partial charge in [0.2, 0.25) is 5.82 Å². The molecule has 0 amide bonds. The first-order chi connectivity index (χ1) is 10.5. The van der Waals surface area contributed by atoms with E-state index in [9.17, 15) is 12.8 Å². The van der Waals surface area contributed by atoms with Crippen LogP contribution in [0.15, 0.2) is 53.4 Å². The van der Waals surface area contributed by atoms with Gasteiger partial charge in [-0.1, -0.05) is 29.8 Å². The highest BCUT2D eigenvalue weighted by Crippen LogP contribution is 2.17. The van der Waals surface area contributed by atoms with E-state index < -0.39 is 15.8 Å². The number of rotatable bonds is 3. The molecule has 1 heterocycles. The van der Waals surface area contributed by atoms with E-state index in [1.165, 1.54) is 0 Å². The summed E-state index contributed by atoms with van der Waals surface area (Å²) in [7, 11) is -3.99. The summed E-state index contributed by atoms with van der Waals surface area (Å²) < 4.78 is 38.1. The first-order valence-corrected chi connectivity index (χ1v) is 7.79. The van der Waals surface area contributed by atoms with Gasteiger partial charge in [0.1, 0.15) is 5.82 Å².